The quantitative estimate of drug-likeness (QED) is 0.662. The first-order chi connectivity index (χ1) is 14.7. The highest BCUT2D eigenvalue weighted by Gasteiger charge is 2.19. The van der Waals surface area contributed by atoms with Crippen LogP contribution in [-0.2, 0) is 4.79 Å². The second-order valence-electron chi connectivity index (χ2n) is 7.26. The fourth-order valence-electron chi connectivity index (χ4n) is 3.48. The van der Waals surface area contributed by atoms with E-state index in [1.165, 1.54) is 11.8 Å². The van der Waals surface area contributed by atoms with Crippen molar-refractivity contribution in [2.45, 2.75) is 6.92 Å². The number of aromatic nitrogens is 2. The molecule has 6 nitrogen and oxygen atoms in total. The lowest BCUT2D eigenvalue weighted by Crippen LogP contribution is -2.47. The van der Waals surface area contributed by atoms with Gasteiger partial charge in [0.15, 0.2) is 0 Å². The third-order valence-electron chi connectivity index (χ3n) is 5.19. The number of anilines is 3. The Morgan fingerprint density at radius 2 is 1.53 bits per heavy atom. The number of para-hydroxylation sites is 1. The summed E-state index contributed by atoms with van der Waals surface area (Å²) < 4.78 is 0. The summed E-state index contributed by atoms with van der Waals surface area (Å²) in [6.07, 6.45) is 6.65. The highest BCUT2D eigenvalue weighted by Crippen LogP contribution is 2.18. The molecule has 6 heteroatoms. The minimum absolute atomic E-state index is 0.203. The van der Waals surface area contributed by atoms with Crippen molar-refractivity contribution in [1.29, 1.82) is 0 Å². The van der Waals surface area contributed by atoms with E-state index in [0.717, 1.165) is 37.3 Å². The van der Waals surface area contributed by atoms with Gasteiger partial charge in [0.05, 0.1) is 18.1 Å². The van der Waals surface area contributed by atoms with E-state index in [4.69, 9.17) is 0 Å². The second-order valence-corrected chi connectivity index (χ2v) is 7.26. The Morgan fingerprint density at radius 1 is 0.900 bits per heavy atom. The molecular weight excluding hydrogens is 374 g/mol. The zero-order valence-electron chi connectivity index (χ0n) is 17.0. The molecule has 2 aromatic carbocycles. The van der Waals surface area contributed by atoms with Gasteiger partial charge in [0.1, 0.15) is 0 Å². The molecule has 1 aliphatic heterocycles. The fraction of sp³-hybridized carbons (Fsp3) is 0.208. The highest BCUT2D eigenvalue weighted by atomic mass is 16.1. The Kier molecular flexibility index (Phi) is 6.03. The van der Waals surface area contributed by atoms with Gasteiger partial charge in [-0.2, -0.15) is 0 Å². The molecule has 0 bridgehead atoms. The van der Waals surface area contributed by atoms with Crippen molar-refractivity contribution < 1.29 is 4.79 Å². The number of carbonyl (C=O) groups is 1. The van der Waals surface area contributed by atoms with Crippen LogP contribution >= 0.6 is 0 Å². The van der Waals surface area contributed by atoms with Gasteiger partial charge in [-0.1, -0.05) is 42.5 Å². The number of hydrogen-bond donors (Lipinski definition) is 1. The molecule has 0 saturated carbocycles. The summed E-state index contributed by atoms with van der Waals surface area (Å²) in [5, 5.41) is 2.81. The van der Waals surface area contributed by atoms with Gasteiger partial charge in [-0.05, 0) is 36.3 Å². The van der Waals surface area contributed by atoms with Crippen LogP contribution in [0.5, 0.6) is 0 Å². The summed E-state index contributed by atoms with van der Waals surface area (Å²) in [5.74, 6) is 0.488. The molecule has 0 atom stereocenters. The average molecular weight is 399 g/mol. The fourth-order valence-corrected chi connectivity index (χ4v) is 3.48. The number of benzene rings is 2. The van der Waals surface area contributed by atoms with Crippen LogP contribution in [0.2, 0.25) is 0 Å². The number of aryl methyl sites for hydroxylation is 1. The van der Waals surface area contributed by atoms with Crippen LogP contribution in [0.25, 0.3) is 6.08 Å². The first kappa shape index (κ1) is 19.6. The van der Waals surface area contributed by atoms with Crippen LogP contribution in [-0.4, -0.2) is 42.1 Å². The van der Waals surface area contributed by atoms with E-state index in [2.05, 4.69) is 49.4 Å². The maximum atomic E-state index is 12.2. The minimum atomic E-state index is -0.203. The Hall–Kier alpha value is -3.67. The zero-order chi connectivity index (χ0) is 20.8. The van der Waals surface area contributed by atoms with Gasteiger partial charge in [-0.15, -0.1) is 0 Å². The number of rotatable bonds is 5. The van der Waals surface area contributed by atoms with Crippen LogP contribution in [0.4, 0.5) is 17.3 Å². The zero-order valence-corrected chi connectivity index (χ0v) is 17.0. The van der Waals surface area contributed by atoms with Crippen molar-refractivity contribution in [2.75, 3.05) is 41.3 Å². The number of nitrogens with one attached hydrogen (secondary N) is 1. The molecule has 1 N–H and O–H groups in total. The van der Waals surface area contributed by atoms with E-state index in [9.17, 15) is 4.79 Å². The van der Waals surface area contributed by atoms with Gasteiger partial charge in [0, 0.05) is 37.9 Å². The van der Waals surface area contributed by atoms with Crippen LogP contribution < -0.4 is 15.1 Å². The molecule has 4 rings (SSSR count). The monoisotopic (exact) mass is 399 g/mol. The van der Waals surface area contributed by atoms with Crippen molar-refractivity contribution in [3.8, 4) is 0 Å². The smallest absolute Gasteiger partial charge is 0.248 e. The molecule has 1 saturated heterocycles. The van der Waals surface area contributed by atoms with Gasteiger partial charge in [-0.25, -0.2) is 9.97 Å². The molecule has 3 aromatic rings. The normalized spacial score (nSPS) is 14.2. The summed E-state index contributed by atoms with van der Waals surface area (Å²) in [6, 6.07) is 18.4. The van der Waals surface area contributed by atoms with E-state index < -0.39 is 0 Å². The lowest BCUT2D eigenvalue weighted by Gasteiger charge is -2.36. The molecule has 30 heavy (non-hydrogen) atoms. The third-order valence-corrected chi connectivity index (χ3v) is 5.19. The van der Waals surface area contributed by atoms with E-state index in [0.29, 0.717) is 11.6 Å². The van der Waals surface area contributed by atoms with Gasteiger partial charge in [0.2, 0.25) is 11.9 Å². The number of carbonyl (C=O) groups excluding carboxylic acids is 1. The van der Waals surface area contributed by atoms with Gasteiger partial charge in [0.25, 0.3) is 0 Å². The van der Waals surface area contributed by atoms with Crippen LogP contribution in [0.1, 0.15) is 11.1 Å². The van der Waals surface area contributed by atoms with E-state index in [-0.39, 0.29) is 5.91 Å². The molecule has 1 aromatic heterocycles. The Labute approximate surface area is 176 Å². The lowest BCUT2D eigenvalue weighted by molar-refractivity contribution is -0.111. The van der Waals surface area contributed by atoms with Gasteiger partial charge < -0.3 is 15.1 Å². The van der Waals surface area contributed by atoms with Crippen molar-refractivity contribution in [3.05, 3.63) is 84.2 Å². The number of hydrogen-bond acceptors (Lipinski definition) is 5. The SMILES string of the molecule is Cc1ccccc1/C=C/C(=O)Nc1cnc(N2CCN(c3ccccc3)CC2)nc1. The maximum Gasteiger partial charge on any atom is 0.248 e. The predicted molar refractivity (Wildman–Crippen MR) is 122 cm³/mol. The first-order valence-electron chi connectivity index (χ1n) is 10.1. The van der Waals surface area contributed by atoms with E-state index >= 15 is 0 Å². The summed E-state index contributed by atoms with van der Waals surface area (Å²) >= 11 is 0. The van der Waals surface area contributed by atoms with E-state index in [1.807, 2.05) is 43.3 Å². The molecule has 1 fully saturated rings. The number of piperazine rings is 1. The van der Waals surface area contributed by atoms with Crippen LogP contribution in [0, 0.1) is 6.92 Å². The van der Waals surface area contributed by atoms with Gasteiger partial charge >= 0.3 is 0 Å². The minimum Gasteiger partial charge on any atom is -0.368 e. The van der Waals surface area contributed by atoms with Crippen molar-refractivity contribution >= 4 is 29.3 Å². The Morgan fingerprint density at radius 3 is 2.23 bits per heavy atom. The summed E-state index contributed by atoms with van der Waals surface area (Å²) in [6.45, 7) is 5.59. The lowest BCUT2D eigenvalue weighted by atomic mass is 10.1. The Balaban J connectivity index is 1.31. The molecule has 2 heterocycles. The standard InChI is InChI=1S/C24H25N5O/c1-19-7-5-6-8-20(19)11-12-23(30)27-21-17-25-24(26-18-21)29-15-13-28(14-16-29)22-9-3-2-4-10-22/h2-12,17-18H,13-16H2,1H3,(H,27,30)/b12-11+. The second kappa shape index (κ2) is 9.22. The van der Waals surface area contributed by atoms with Crippen molar-refractivity contribution in [2.24, 2.45) is 0 Å². The third kappa shape index (κ3) is 4.84. The number of amides is 1. The molecular formula is C24H25N5O. The highest BCUT2D eigenvalue weighted by molar-refractivity contribution is 6.01. The van der Waals surface area contributed by atoms with Crippen molar-refractivity contribution in [1.82, 2.24) is 9.97 Å². The largest absolute Gasteiger partial charge is 0.368 e. The molecule has 0 aliphatic carbocycles. The summed E-state index contributed by atoms with van der Waals surface area (Å²) in [7, 11) is 0. The predicted octanol–water partition coefficient (Wildman–Crippen LogP) is 3.76. The van der Waals surface area contributed by atoms with Crippen LogP contribution in [0.15, 0.2) is 73.1 Å². The maximum absolute atomic E-state index is 12.2. The summed E-state index contributed by atoms with van der Waals surface area (Å²) in [4.78, 5) is 25.6. The van der Waals surface area contributed by atoms with E-state index in [1.54, 1.807) is 12.4 Å². The first-order valence-corrected chi connectivity index (χ1v) is 10.1. The molecule has 0 unspecified atom stereocenters. The number of nitrogens with zero attached hydrogens (tertiary/aromatic N) is 4. The molecule has 0 radical (unpaired) electrons. The molecule has 0 spiro atoms. The van der Waals surface area contributed by atoms with Gasteiger partial charge in [-0.3, -0.25) is 4.79 Å². The molecule has 152 valence electrons. The Bertz CT molecular complexity index is 1010. The average Bonchev–Trinajstić information content (AvgIpc) is 2.80. The van der Waals surface area contributed by atoms with Crippen molar-refractivity contribution in [3.63, 3.8) is 0 Å². The van der Waals surface area contributed by atoms with Crippen LogP contribution in [0.3, 0.4) is 0 Å². The molecule has 1 aliphatic rings. The summed E-state index contributed by atoms with van der Waals surface area (Å²) in [5.41, 5.74) is 3.98. The molecule has 1 amide bonds. The topological polar surface area (TPSA) is 61.4 Å².